The second-order valence-electron chi connectivity index (χ2n) is 18.6. The predicted octanol–water partition coefficient (Wildman–Crippen LogP) is 12.7. The number of amides is 1. The molecule has 378 valence electrons. The van der Waals surface area contributed by atoms with Crippen molar-refractivity contribution < 1.29 is 39.8 Å². The number of nitrogens with one attached hydrogen (secondary N) is 1. The molecule has 65 heavy (non-hydrogen) atoms. The van der Waals surface area contributed by atoms with Crippen molar-refractivity contribution in [2.45, 2.75) is 275 Å². The normalized spacial score (nSPS) is 20.4. The third-order valence-electron chi connectivity index (χ3n) is 12.6. The number of aliphatic hydroxyl groups excluding tert-OH is 5. The van der Waals surface area contributed by atoms with Crippen molar-refractivity contribution in [3.05, 3.63) is 60.8 Å². The molecular formula is C56H101NO8. The summed E-state index contributed by atoms with van der Waals surface area (Å²) in [6.07, 6.45) is 54.1. The van der Waals surface area contributed by atoms with E-state index in [9.17, 15) is 30.3 Å². The summed E-state index contributed by atoms with van der Waals surface area (Å²) < 4.78 is 11.2. The van der Waals surface area contributed by atoms with Crippen molar-refractivity contribution in [3.8, 4) is 0 Å². The molecule has 1 fully saturated rings. The Balaban J connectivity index is 2.08. The Morgan fingerprint density at radius 3 is 1.42 bits per heavy atom. The zero-order chi connectivity index (χ0) is 47.3. The summed E-state index contributed by atoms with van der Waals surface area (Å²) in [5, 5.41) is 54.3. The van der Waals surface area contributed by atoms with Crippen molar-refractivity contribution in [1.29, 1.82) is 0 Å². The van der Waals surface area contributed by atoms with Gasteiger partial charge in [0.1, 0.15) is 24.4 Å². The number of ether oxygens (including phenoxy) is 2. The number of allylic oxidation sites excluding steroid dienone is 10. The molecular weight excluding hydrogens is 815 g/mol. The number of hydrogen-bond donors (Lipinski definition) is 6. The molecule has 6 N–H and O–H groups in total. The SMILES string of the molecule is CC/C=C\C/C=C\C/C=C\C/C=C\C/C=C\CCCCCCCCCCCCCCCCCCCC(=O)NC(COC1OC(CO)C(O)C(O)C1O)C(O)CCCCCCCCCCC. The maximum atomic E-state index is 13.0. The zero-order valence-corrected chi connectivity index (χ0v) is 41.7. The second kappa shape index (κ2) is 45.7. The highest BCUT2D eigenvalue weighted by atomic mass is 16.7. The Bertz CT molecular complexity index is 1200. The molecule has 1 aliphatic heterocycles. The lowest BCUT2D eigenvalue weighted by atomic mass is 9.99. The first-order valence-corrected chi connectivity index (χ1v) is 27.0. The molecule has 7 atom stereocenters. The minimum Gasteiger partial charge on any atom is -0.394 e. The van der Waals surface area contributed by atoms with Gasteiger partial charge in [0.05, 0.1) is 25.4 Å². The van der Waals surface area contributed by atoms with Crippen LogP contribution in [0.4, 0.5) is 0 Å². The third kappa shape index (κ3) is 35.7. The average molecular weight is 916 g/mol. The highest BCUT2D eigenvalue weighted by Crippen LogP contribution is 2.23. The summed E-state index contributed by atoms with van der Waals surface area (Å²) in [6, 6.07) is -0.717. The van der Waals surface area contributed by atoms with Gasteiger partial charge in [-0.15, -0.1) is 0 Å². The minimum atomic E-state index is -1.55. The number of carbonyl (C=O) groups excluding carboxylic acids is 1. The number of rotatable bonds is 45. The summed E-state index contributed by atoms with van der Waals surface area (Å²) in [7, 11) is 0. The van der Waals surface area contributed by atoms with Crippen LogP contribution >= 0.6 is 0 Å². The standard InChI is InChI=1S/C56H101NO8/c1-3-5-7-9-11-13-14-15-16-17-18-19-20-21-22-23-24-25-26-27-28-29-30-31-32-33-34-35-36-38-40-42-44-46-52(60)57-49(50(59)45-43-41-39-37-12-10-8-6-4-2)48-64-56-55(63)54(62)53(61)51(47-58)65-56/h5,7,11,13,15-16,18-19,21-22,49-51,53-56,58-59,61-63H,3-4,6,8-10,12,14,17,20,23-48H2,1-2H3,(H,57,60)/b7-5-,13-11-,16-15-,19-18-,22-21-. The maximum Gasteiger partial charge on any atom is 0.220 e. The summed E-state index contributed by atoms with van der Waals surface area (Å²) >= 11 is 0. The van der Waals surface area contributed by atoms with E-state index >= 15 is 0 Å². The molecule has 0 bridgehead atoms. The molecule has 1 aliphatic rings. The van der Waals surface area contributed by atoms with E-state index in [4.69, 9.17) is 9.47 Å². The van der Waals surface area contributed by atoms with Gasteiger partial charge < -0.3 is 40.3 Å². The third-order valence-corrected chi connectivity index (χ3v) is 12.6. The van der Waals surface area contributed by atoms with Gasteiger partial charge in [-0.2, -0.15) is 0 Å². The fourth-order valence-corrected chi connectivity index (χ4v) is 8.36. The van der Waals surface area contributed by atoms with Gasteiger partial charge in [0, 0.05) is 6.42 Å². The maximum absolute atomic E-state index is 13.0. The minimum absolute atomic E-state index is 0.138. The first kappa shape index (κ1) is 60.9. The fourth-order valence-electron chi connectivity index (χ4n) is 8.36. The smallest absolute Gasteiger partial charge is 0.220 e. The molecule has 0 aromatic heterocycles. The molecule has 7 unspecified atom stereocenters. The second-order valence-corrected chi connectivity index (χ2v) is 18.6. The Kier molecular flexibility index (Phi) is 42.8. The lowest BCUT2D eigenvalue weighted by molar-refractivity contribution is -0.302. The van der Waals surface area contributed by atoms with Crippen molar-refractivity contribution in [1.82, 2.24) is 5.32 Å². The van der Waals surface area contributed by atoms with Gasteiger partial charge >= 0.3 is 0 Å². The van der Waals surface area contributed by atoms with E-state index in [-0.39, 0.29) is 12.5 Å². The molecule has 1 saturated heterocycles. The lowest BCUT2D eigenvalue weighted by Crippen LogP contribution is -2.60. The van der Waals surface area contributed by atoms with Crippen LogP contribution < -0.4 is 5.32 Å². The van der Waals surface area contributed by atoms with E-state index in [1.54, 1.807) is 0 Å². The van der Waals surface area contributed by atoms with Gasteiger partial charge in [-0.3, -0.25) is 4.79 Å². The fraction of sp³-hybridized carbons (Fsp3) is 0.804. The molecule has 1 heterocycles. The van der Waals surface area contributed by atoms with Crippen molar-refractivity contribution in [2.24, 2.45) is 0 Å². The van der Waals surface area contributed by atoms with Crippen molar-refractivity contribution in [2.75, 3.05) is 13.2 Å². The van der Waals surface area contributed by atoms with Gasteiger partial charge in [0.25, 0.3) is 0 Å². The van der Waals surface area contributed by atoms with Crippen LogP contribution in [-0.4, -0.2) is 87.5 Å². The summed E-state index contributed by atoms with van der Waals surface area (Å²) in [5.74, 6) is -0.147. The van der Waals surface area contributed by atoms with Crippen LogP contribution in [0.25, 0.3) is 0 Å². The Labute approximate surface area is 398 Å². The van der Waals surface area contributed by atoms with Gasteiger partial charge in [-0.05, 0) is 57.8 Å². The molecule has 9 heteroatoms. The van der Waals surface area contributed by atoms with Gasteiger partial charge in [0.2, 0.25) is 5.91 Å². The van der Waals surface area contributed by atoms with E-state index in [1.165, 1.54) is 135 Å². The lowest BCUT2D eigenvalue weighted by Gasteiger charge is -2.40. The Morgan fingerprint density at radius 2 is 0.954 bits per heavy atom. The molecule has 0 spiro atoms. The van der Waals surface area contributed by atoms with E-state index in [2.05, 4.69) is 79.9 Å². The molecule has 1 rings (SSSR count). The van der Waals surface area contributed by atoms with Crippen LogP contribution in [-0.2, 0) is 14.3 Å². The molecule has 0 aliphatic carbocycles. The topological polar surface area (TPSA) is 149 Å². The summed E-state index contributed by atoms with van der Waals surface area (Å²) in [4.78, 5) is 13.0. The van der Waals surface area contributed by atoms with Crippen LogP contribution in [0.3, 0.4) is 0 Å². The highest BCUT2D eigenvalue weighted by Gasteiger charge is 2.44. The number of aliphatic hydroxyl groups is 5. The predicted molar refractivity (Wildman–Crippen MR) is 272 cm³/mol. The number of hydrogen-bond acceptors (Lipinski definition) is 8. The first-order valence-electron chi connectivity index (χ1n) is 27.0. The van der Waals surface area contributed by atoms with E-state index in [0.29, 0.717) is 12.8 Å². The van der Waals surface area contributed by atoms with E-state index in [1.807, 2.05) is 0 Å². The van der Waals surface area contributed by atoms with E-state index in [0.717, 1.165) is 70.6 Å². The van der Waals surface area contributed by atoms with Gasteiger partial charge in [0.15, 0.2) is 6.29 Å². The van der Waals surface area contributed by atoms with Crippen LogP contribution in [0.15, 0.2) is 60.8 Å². The van der Waals surface area contributed by atoms with Gasteiger partial charge in [-0.25, -0.2) is 0 Å². The van der Waals surface area contributed by atoms with Gasteiger partial charge in [-0.1, -0.05) is 229 Å². The van der Waals surface area contributed by atoms with E-state index < -0.39 is 49.5 Å². The Hall–Kier alpha value is -2.11. The molecule has 0 radical (unpaired) electrons. The molecule has 0 aromatic rings. The number of carbonyl (C=O) groups is 1. The summed E-state index contributed by atoms with van der Waals surface area (Å²) in [6.45, 7) is 3.70. The molecule has 9 nitrogen and oxygen atoms in total. The van der Waals surface area contributed by atoms with Crippen molar-refractivity contribution in [3.63, 3.8) is 0 Å². The monoisotopic (exact) mass is 916 g/mol. The molecule has 0 saturated carbocycles. The van der Waals surface area contributed by atoms with Crippen LogP contribution in [0.2, 0.25) is 0 Å². The average Bonchev–Trinajstić information content (AvgIpc) is 3.31. The number of unbranched alkanes of at least 4 members (excludes halogenated alkanes) is 25. The molecule has 0 aromatic carbocycles. The molecule has 1 amide bonds. The van der Waals surface area contributed by atoms with Crippen LogP contribution in [0, 0.1) is 0 Å². The Morgan fingerprint density at radius 1 is 0.538 bits per heavy atom. The van der Waals surface area contributed by atoms with Crippen molar-refractivity contribution >= 4 is 5.91 Å². The van der Waals surface area contributed by atoms with Crippen LogP contribution in [0.5, 0.6) is 0 Å². The highest BCUT2D eigenvalue weighted by molar-refractivity contribution is 5.76. The van der Waals surface area contributed by atoms with Crippen LogP contribution in [0.1, 0.15) is 232 Å². The summed E-state index contributed by atoms with van der Waals surface area (Å²) in [5.41, 5.74) is 0. The first-order chi connectivity index (χ1) is 31.8. The quantitative estimate of drug-likeness (QED) is 0.0261. The largest absolute Gasteiger partial charge is 0.394 e. The zero-order valence-electron chi connectivity index (χ0n) is 41.7.